The Morgan fingerprint density at radius 2 is 2.00 bits per heavy atom. The summed E-state index contributed by atoms with van der Waals surface area (Å²) < 4.78 is 5.19. The molecule has 0 atom stereocenters. The largest absolute Gasteiger partial charge is 0.373 e. The molecule has 0 N–H and O–H groups in total. The van der Waals surface area contributed by atoms with Gasteiger partial charge < -0.3 is 4.74 Å². The van der Waals surface area contributed by atoms with Gasteiger partial charge in [-0.05, 0) is 25.5 Å². The fourth-order valence-electron chi connectivity index (χ4n) is 1.26. The molecule has 0 saturated heterocycles. The minimum atomic E-state index is -0.502. The van der Waals surface area contributed by atoms with E-state index in [-0.39, 0.29) is 18.1 Å². The summed E-state index contributed by atoms with van der Waals surface area (Å²) >= 11 is 0. The van der Waals surface area contributed by atoms with Crippen LogP contribution in [0.5, 0.6) is 0 Å². The number of Topliss-reactive ketones (excluding diaryl/α,β-unsaturated/α-hetero) is 1. The lowest BCUT2D eigenvalue weighted by molar-refractivity contribution is -0.384. The van der Waals surface area contributed by atoms with Crippen LogP contribution in [0.4, 0.5) is 5.69 Å². The standard InChI is InChI=1S/C13H15NO4/c1-10(2)7-8-18-9-13(15)11-3-5-12(6-4-11)14(16)17/h3-6H,1,7-9H2,2H3. The monoisotopic (exact) mass is 249 g/mol. The maximum atomic E-state index is 11.7. The molecule has 0 aliphatic rings. The highest BCUT2D eigenvalue weighted by Crippen LogP contribution is 2.12. The molecule has 18 heavy (non-hydrogen) atoms. The molecule has 0 amide bonds. The van der Waals surface area contributed by atoms with Gasteiger partial charge in [0.2, 0.25) is 0 Å². The molecule has 0 aliphatic heterocycles. The maximum Gasteiger partial charge on any atom is 0.269 e. The van der Waals surface area contributed by atoms with E-state index in [4.69, 9.17) is 4.74 Å². The van der Waals surface area contributed by atoms with Crippen LogP contribution in [0.3, 0.4) is 0 Å². The van der Waals surface area contributed by atoms with Gasteiger partial charge in [0.15, 0.2) is 5.78 Å². The predicted molar refractivity (Wildman–Crippen MR) is 67.7 cm³/mol. The van der Waals surface area contributed by atoms with E-state index in [9.17, 15) is 14.9 Å². The maximum absolute atomic E-state index is 11.7. The van der Waals surface area contributed by atoms with Crippen molar-refractivity contribution in [2.45, 2.75) is 13.3 Å². The Morgan fingerprint density at radius 3 is 2.50 bits per heavy atom. The summed E-state index contributed by atoms with van der Waals surface area (Å²) in [6.45, 7) is 6.05. The highest BCUT2D eigenvalue weighted by Gasteiger charge is 2.09. The SMILES string of the molecule is C=C(C)CCOCC(=O)c1ccc([N+](=O)[O-])cc1. The fraction of sp³-hybridized carbons (Fsp3) is 0.308. The molecule has 0 fully saturated rings. The second-order valence-electron chi connectivity index (χ2n) is 3.99. The van der Waals surface area contributed by atoms with Crippen LogP contribution < -0.4 is 0 Å². The van der Waals surface area contributed by atoms with Crippen LogP contribution in [0.15, 0.2) is 36.4 Å². The van der Waals surface area contributed by atoms with Crippen LogP contribution >= 0.6 is 0 Å². The predicted octanol–water partition coefficient (Wildman–Crippen LogP) is 2.76. The number of hydrogen-bond donors (Lipinski definition) is 0. The number of carbonyl (C=O) groups excluding carboxylic acids is 1. The van der Waals surface area contributed by atoms with E-state index < -0.39 is 4.92 Å². The molecule has 5 nitrogen and oxygen atoms in total. The second kappa shape index (κ2) is 6.66. The molecule has 0 bridgehead atoms. The van der Waals surface area contributed by atoms with Crippen LogP contribution in [-0.4, -0.2) is 23.9 Å². The zero-order chi connectivity index (χ0) is 13.5. The van der Waals surface area contributed by atoms with Gasteiger partial charge >= 0.3 is 0 Å². The molecule has 0 unspecified atom stereocenters. The molecule has 96 valence electrons. The third-order valence-electron chi connectivity index (χ3n) is 2.31. The Bertz CT molecular complexity index is 451. The first-order valence-electron chi connectivity index (χ1n) is 5.50. The Labute approximate surface area is 105 Å². The first-order chi connectivity index (χ1) is 8.50. The molecule has 1 rings (SSSR count). The number of nitro benzene ring substituents is 1. The summed E-state index contributed by atoms with van der Waals surface area (Å²) in [5.74, 6) is -0.188. The number of non-ortho nitro benzene ring substituents is 1. The quantitative estimate of drug-likeness (QED) is 0.245. The normalized spacial score (nSPS) is 10.1. The van der Waals surface area contributed by atoms with Crippen molar-refractivity contribution in [1.29, 1.82) is 0 Å². The van der Waals surface area contributed by atoms with E-state index >= 15 is 0 Å². The number of carbonyl (C=O) groups is 1. The van der Waals surface area contributed by atoms with Gasteiger partial charge in [0.05, 0.1) is 11.5 Å². The topological polar surface area (TPSA) is 69.4 Å². The number of benzene rings is 1. The highest BCUT2D eigenvalue weighted by molar-refractivity contribution is 5.97. The molecule has 0 spiro atoms. The molecule has 0 saturated carbocycles. The lowest BCUT2D eigenvalue weighted by Crippen LogP contribution is -2.10. The van der Waals surface area contributed by atoms with Crippen LogP contribution in [0.25, 0.3) is 0 Å². The number of ether oxygens (including phenoxy) is 1. The van der Waals surface area contributed by atoms with Gasteiger partial charge in [-0.3, -0.25) is 14.9 Å². The van der Waals surface area contributed by atoms with Gasteiger partial charge in [-0.15, -0.1) is 6.58 Å². The average Bonchev–Trinajstić information content (AvgIpc) is 2.34. The van der Waals surface area contributed by atoms with Gasteiger partial charge in [0, 0.05) is 17.7 Å². The molecule has 0 aromatic heterocycles. The smallest absolute Gasteiger partial charge is 0.269 e. The molecule has 1 aromatic rings. The molecule has 1 aromatic carbocycles. The lowest BCUT2D eigenvalue weighted by Gasteiger charge is -2.03. The minimum Gasteiger partial charge on any atom is -0.373 e. The summed E-state index contributed by atoms with van der Waals surface area (Å²) in [7, 11) is 0. The van der Waals surface area contributed by atoms with Crippen molar-refractivity contribution in [1.82, 2.24) is 0 Å². The van der Waals surface area contributed by atoms with Crippen molar-refractivity contribution in [3.05, 3.63) is 52.1 Å². The average molecular weight is 249 g/mol. The summed E-state index contributed by atoms with van der Waals surface area (Å²) in [6.07, 6.45) is 0.716. The van der Waals surface area contributed by atoms with Crippen molar-refractivity contribution in [3.8, 4) is 0 Å². The number of hydrogen-bond acceptors (Lipinski definition) is 4. The number of ketones is 1. The van der Waals surface area contributed by atoms with Crippen molar-refractivity contribution < 1.29 is 14.5 Å². The summed E-state index contributed by atoms with van der Waals surface area (Å²) in [4.78, 5) is 21.6. The van der Waals surface area contributed by atoms with Gasteiger partial charge in [-0.1, -0.05) is 5.57 Å². The first kappa shape index (κ1) is 14.1. The van der Waals surface area contributed by atoms with Crippen molar-refractivity contribution in [2.75, 3.05) is 13.2 Å². The van der Waals surface area contributed by atoms with E-state index in [1.807, 2.05) is 6.92 Å². The van der Waals surface area contributed by atoms with Crippen molar-refractivity contribution in [3.63, 3.8) is 0 Å². The number of nitro groups is 1. The van der Waals surface area contributed by atoms with Gasteiger partial charge in [0.1, 0.15) is 6.61 Å². The Morgan fingerprint density at radius 1 is 1.39 bits per heavy atom. The third-order valence-corrected chi connectivity index (χ3v) is 2.31. The van der Waals surface area contributed by atoms with Crippen LogP contribution in [0.2, 0.25) is 0 Å². The summed E-state index contributed by atoms with van der Waals surface area (Å²) in [5.41, 5.74) is 1.38. The molecule has 0 aliphatic carbocycles. The van der Waals surface area contributed by atoms with E-state index in [0.29, 0.717) is 18.6 Å². The Kier molecular flexibility index (Phi) is 5.20. The molecule has 0 heterocycles. The lowest BCUT2D eigenvalue weighted by atomic mass is 10.1. The van der Waals surface area contributed by atoms with Crippen LogP contribution in [0, 0.1) is 10.1 Å². The molecule has 5 heteroatoms. The highest BCUT2D eigenvalue weighted by atomic mass is 16.6. The second-order valence-corrected chi connectivity index (χ2v) is 3.99. The summed E-state index contributed by atoms with van der Waals surface area (Å²) in [5, 5.41) is 10.4. The van der Waals surface area contributed by atoms with E-state index in [0.717, 1.165) is 5.57 Å². The zero-order valence-corrected chi connectivity index (χ0v) is 10.2. The number of nitrogens with zero attached hydrogens (tertiary/aromatic N) is 1. The Balaban J connectivity index is 2.46. The Hall–Kier alpha value is -2.01. The molecular weight excluding hydrogens is 234 g/mol. The van der Waals surface area contributed by atoms with E-state index in [2.05, 4.69) is 6.58 Å². The van der Waals surface area contributed by atoms with Crippen molar-refractivity contribution >= 4 is 11.5 Å². The van der Waals surface area contributed by atoms with Crippen molar-refractivity contribution in [2.24, 2.45) is 0 Å². The van der Waals surface area contributed by atoms with Gasteiger partial charge in [-0.25, -0.2) is 0 Å². The van der Waals surface area contributed by atoms with Gasteiger partial charge in [0.25, 0.3) is 5.69 Å². The first-order valence-corrected chi connectivity index (χ1v) is 5.50. The van der Waals surface area contributed by atoms with Crippen LogP contribution in [-0.2, 0) is 4.74 Å². The van der Waals surface area contributed by atoms with E-state index in [1.54, 1.807) is 0 Å². The van der Waals surface area contributed by atoms with E-state index in [1.165, 1.54) is 24.3 Å². The molecular formula is C13H15NO4. The minimum absolute atomic E-state index is 0.0227. The third kappa shape index (κ3) is 4.47. The summed E-state index contributed by atoms with van der Waals surface area (Å²) in [6, 6.07) is 5.48. The molecule has 0 radical (unpaired) electrons. The van der Waals surface area contributed by atoms with Gasteiger partial charge in [-0.2, -0.15) is 0 Å². The number of rotatable bonds is 7. The fourth-order valence-corrected chi connectivity index (χ4v) is 1.26. The zero-order valence-electron chi connectivity index (χ0n) is 10.2. The van der Waals surface area contributed by atoms with Crippen LogP contribution in [0.1, 0.15) is 23.7 Å².